The zero-order chi connectivity index (χ0) is 18.1. The van der Waals surface area contributed by atoms with Crippen molar-refractivity contribution in [2.75, 3.05) is 11.8 Å². The third-order valence-electron chi connectivity index (χ3n) is 4.07. The van der Waals surface area contributed by atoms with Crippen LogP contribution >= 0.6 is 0 Å². The average molecular weight is 347 g/mol. The van der Waals surface area contributed by atoms with Crippen molar-refractivity contribution in [3.05, 3.63) is 52.6 Å². The summed E-state index contributed by atoms with van der Waals surface area (Å²) in [5.41, 5.74) is 4.13. The van der Waals surface area contributed by atoms with Crippen molar-refractivity contribution in [2.24, 2.45) is 0 Å². The molecule has 2 aromatic carbocycles. The van der Waals surface area contributed by atoms with Gasteiger partial charge in [-0.2, -0.15) is 0 Å². The number of methoxy groups -OCH3 is 1. The lowest BCUT2D eigenvalue weighted by Gasteiger charge is -2.17. The van der Waals surface area contributed by atoms with E-state index in [0.29, 0.717) is 17.0 Å². The predicted molar refractivity (Wildman–Crippen MR) is 98.5 cm³/mol. The van der Waals surface area contributed by atoms with Gasteiger partial charge in [-0.1, -0.05) is 31.5 Å². The Hall–Kier alpha value is -2.01. The van der Waals surface area contributed by atoms with Crippen LogP contribution in [0, 0.1) is 20.8 Å². The number of hydrogen-bond acceptors (Lipinski definition) is 3. The first kappa shape index (κ1) is 18.3. The molecule has 130 valence electrons. The fraction of sp³-hybridized carbons (Fsp3) is 0.368. The maximum Gasteiger partial charge on any atom is 0.262 e. The number of anilines is 1. The molecule has 0 unspecified atom stereocenters. The molecule has 0 aliphatic rings. The highest BCUT2D eigenvalue weighted by Crippen LogP contribution is 2.32. The molecule has 0 aliphatic carbocycles. The van der Waals surface area contributed by atoms with Crippen LogP contribution in [0.15, 0.2) is 35.2 Å². The van der Waals surface area contributed by atoms with Crippen LogP contribution in [0.25, 0.3) is 0 Å². The van der Waals surface area contributed by atoms with E-state index in [2.05, 4.69) is 4.72 Å². The third-order valence-corrected chi connectivity index (χ3v) is 5.57. The van der Waals surface area contributed by atoms with Gasteiger partial charge in [0.05, 0.1) is 17.7 Å². The van der Waals surface area contributed by atoms with Crippen LogP contribution < -0.4 is 9.46 Å². The fourth-order valence-corrected chi connectivity index (χ4v) is 4.12. The highest BCUT2D eigenvalue weighted by molar-refractivity contribution is 7.92. The van der Waals surface area contributed by atoms with Crippen LogP contribution in [0.1, 0.15) is 42.0 Å². The van der Waals surface area contributed by atoms with E-state index >= 15 is 0 Å². The summed E-state index contributed by atoms with van der Waals surface area (Å²) in [6, 6.07) is 9.14. The predicted octanol–water partition coefficient (Wildman–Crippen LogP) is 4.54. The first-order valence-electron chi connectivity index (χ1n) is 7.94. The molecule has 1 N–H and O–H groups in total. The summed E-state index contributed by atoms with van der Waals surface area (Å²) in [5.74, 6) is 0.878. The van der Waals surface area contributed by atoms with Gasteiger partial charge in [0.1, 0.15) is 5.75 Å². The summed E-state index contributed by atoms with van der Waals surface area (Å²) in [4.78, 5) is 0.284. The second-order valence-electron chi connectivity index (χ2n) is 6.44. The Morgan fingerprint density at radius 1 is 1.00 bits per heavy atom. The zero-order valence-electron chi connectivity index (χ0n) is 15.1. The lowest BCUT2D eigenvalue weighted by Crippen LogP contribution is -2.16. The topological polar surface area (TPSA) is 55.4 Å². The molecule has 24 heavy (non-hydrogen) atoms. The number of sulfonamides is 1. The van der Waals surface area contributed by atoms with Gasteiger partial charge < -0.3 is 4.74 Å². The quantitative estimate of drug-likeness (QED) is 0.863. The Kier molecular flexibility index (Phi) is 5.23. The van der Waals surface area contributed by atoms with Gasteiger partial charge in [0.15, 0.2) is 0 Å². The number of aryl methyl sites for hydroxylation is 3. The van der Waals surface area contributed by atoms with Crippen molar-refractivity contribution in [2.45, 2.75) is 45.4 Å². The van der Waals surface area contributed by atoms with Gasteiger partial charge in [0.2, 0.25) is 0 Å². The van der Waals surface area contributed by atoms with Crippen molar-refractivity contribution >= 4 is 15.7 Å². The number of rotatable bonds is 5. The fourth-order valence-electron chi connectivity index (χ4n) is 2.72. The van der Waals surface area contributed by atoms with E-state index in [1.54, 1.807) is 32.2 Å². The molecular weight excluding hydrogens is 322 g/mol. The van der Waals surface area contributed by atoms with E-state index in [1.807, 2.05) is 39.8 Å². The highest BCUT2D eigenvalue weighted by Gasteiger charge is 2.21. The van der Waals surface area contributed by atoms with Gasteiger partial charge in [0.25, 0.3) is 10.0 Å². The largest absolute Gasteiger partial charge is 0.496 e. The first-order valence-corrected chi connectivity index (χ1v) is 9.42. The van der Waals surface area contributed by atoms with Crippen molar-refractivity contribution in [3.63, 3.8) is 0 Å². The molecule has 0 amide bonds. The SMILES string of the molecule is COc1cc(C)c(S(=O)(=O)Nc2ccc(C)cc2C)cc1C(C)C. The van der Waals surface area contributed by atoms with E-state index in [-0.39, 0.29) is 10.8 Å². The molecule has 0 atom stereocenters. The standard InChI is InChI=1S/C19H25NO3S/c1-12(2)16-11-19(15(5)10-18(16)23-6)24(21,22)20-17-8-7-13(3)9-14(17)4/h7-12,20H,1-6H3. The minimum Gasteiger partial charge on any atom is -0.496 e. The molecule has 2 rings (SSSR count). The minimum atomic E-state index is -3.67. The molecule has 0 saturated heterocycles. The molecule has 0 aromatic heterocycles. The van der Waals surface area contributed by atoms with Crippen LogP contribution in [-0.2, 0) is 10.0 Å². The molecule has 0 fully saturated rings. The van der Waals surface area contributed by atoms with Crippen molar-refractivity contribution in [3.8, 4) is 5.75 Å². The van der Waals surface area contributed by atoms with Gasteiger partial charge in [-0.25, -0.2) is 8.42 Å². The van der Waals surface area contributed by atoms with Crippen LogP contribution in [0.2, 0.25) is 0 Å². The lowest BCUT2D eigenvalue weighted by molar-refractivity contribution is 0.406. The van der Waals surface area contributed by atoms with Crippen LogP contribution in [0.3, 0.4) is 0 Å². The molecule has 0 radical (unpaired) electrons. The third kappa shape index (κ3) is 3.73. The first-order chi connectivity index (χ1) is 11.2. The van der Waals surface area contributed by atoms with Crippen LogP contribution in [0.5, 0.6) is 5.75 Å². The van der Waals surface area contributed by atoms with Crippen molar-refractivity contribution in [1.82, 2.24) is 0 Å². The van der Waals surface area contributed by atoms with E-state index < -0.39 is 10.0 Å². The monoisotopic (exact) mass is 347 g/mol. The number of nitrogens with one attached hydrogen (secondary N) is 1. The Bertz CT molecular complexity index is 855. The second kappa shape index (κ2) is 6.85. The molecule has 0 aliphatic heterocycles. The lowest BCUT2D eigenvalue weighted by atomic mass is 10.0. The van der Waals surface area contributed by atoms with Gasteiger partial charge in [-0.05, 0) is 61.6 Å². The van der Waals surface area contributed by atoms with E-state index in [4.69, 9.17) is 4.74 Å². The number of hydrogen-bond donors (Lipinski definition) is 1. The summed E-state index contributed by atoms with van der Waals surface area (Å²) in [6.07, 6.45) is 0. The Morgan fingerprint density at radius 3 is 2.21 bits per heavy atom. The van der Waals surface area contributed by atoms with Crippen LogP contribution in [-0.4, -0.2) is 15.5 Å². The van der Waals surface area contributed by atoms with Crippen molar-refractivity contribution < 1.29 is 13.2 Å². The molecular formula is C19H25NO3S. The number of ether oxygens (including phenoxy) is 1. The smallest absolute Gasteiger partial charge is 0.262 e. The minimum absolute atomic E-state index is 0.163. The molecule has 0 bridgehead atoms. The summed E-state index contributed by atoms with van der Waals surface area (Å²) in [7, 11) is -2.07. The number of benzene rings is 2. The molecule has 0 spiro atoms. The zero-order valence-corrected chi connectivity index (χ0v) is 15.9. The van der Waals surface area contributed by atoms with E-state index in [9.17, 15) is 8.42 Å². The van der Waals surface area contributed by atoms with Gasteiger partial charge in [-0.3, -0.25) is 4.72 Å². The van der Waals surface area contributed by atoms with Crippen molar-refractivity contribution in [1.29, 1.82) is 0 Å². The second-order valence-corrected chi connectivity index (χ2v) is 8.09. The summed E-state index contributed by atoms with van der Waals surface area (Å²) in [6.45, 7) is 9.69. The van der Waals surface area contributed by atoms with Gasteiger partial charge in [0, 0.05) is 0 Å². The Labute approximate surface area is 144 Å². The van der Waals surface area contributed by atoms with Gasteiger partial charge in [-0.15, -0.1) is 0 Å². The van der Waals surface area contributed by atoms with Crippen LogP contribution in [0.4, 0.5) is 5.69 Å². The van der Waals surface area contributed by atoms with E-state index in [0.717, 1.165) is 16.7 Å². The highest BCUT2D eigenvalue weighted by atomic mass is 32.2. The molecule has 5 heteroatoms. The average Bonchev–Trinajstić information content (AvgIpc) is 2.49. The Balaban J connectivity index is 2.51. The molecule has 4 nitrogen and oxygen atoms in total. The molecule has 2 aromatic rings. The summed E-state index contributed by atoms with van der Waals surface area (Å²) < 4.78 is 33.9. The summed E-state index contributed by atoms with van der Waals surface area (Å²) >= 11 is 0. The normalized spacial score (nSPS) is 11.6. The van der Waals surface area contributed by atoms with Gasteiger partial charge >= 0.3 is 0 Å². The molecule has 0 heterocycles. The molecule has 0 saturated carbocycles. The van der Waals surface area contributed by atoms with E-state index in [1.165, 1.54) is 0 Å². The summed E-state index contributed by atoms with van der Waals surface area (Å²) in [5, 5.41) is 0. The Morgan fingerprint density at radius 2 is 1.67 bits per heavy atom. The maximum atomic E-state index is 12.9. The maximum absolute atomic E-state index is 12.9.